The van der Waals surface area contributed by atoms with Crippen molar-refractivity contribution >= 4 is 5.97 Å². The molecule has 0 aromatic rings. The molecular weight excluding hydrogens is 182 g/mol. The van der Waals surface area contributed by atoms with Gasteiger partial charge in [0.05, 0.1) is 13.5 Å². The Balaban J connectivity index is 2.55. The first-order chi connectivity index (χ1) is 6.72. The second-order valence-corrected chi connectivity index (χ2v) is 3.68. The van der Waals surface area contributed by atoms with Gasteiger partial charge in [-0.3, -0.25) is 4.79 Å². The Morgan fingerprint density at radius 2 is 2.14 bits per heavy atom. The van der Waals surface area contributed by atoms with Crippen molar-refractivity contribution in [2.45, 2.75) is 31.7 Å². The Morgan fingerprint density at radius 3 is 2.64 bits per heavy atom. The molecule has 0 aliphatic carbocycles. The maximum atomic E-state index is 11.3. The minimum atomic E-state index is -0.146. The van der Waals surface area contributed by atoms with Crippen LogP contribution in [0.3, 0.4) is 0 Å². The molecule has 0 unspecified atom stereocenters. The molecule has 0 atom stereocenters. The SMILES string of the molecule is CCNC1(CC(=O)OC)CCOCC1. The number of carbonyl (C=O) groups is 1. The molecule has 0 radical (unpaired) electrons. The Morgan fingerprint density at radius 1 is 1.50 bits per heavy atom. The highest BCUT2D eigenvalue weighted by molar-refractivity contribution is 5.70. The standard InChI is InChI=1S/C10H19NO3/c1-3-11-10(8-9(12)13-2)4-6-14-7-5-10/h11H,3-8H2,1-2H3. The van der Waals surface area contributed by atoms with E-state index in [1.165, 1.54) is 7.11 Å². The van der Waals surface area contributed by atoms with Crippen LogP contribution >= 0.6 is 0 Å². The molecule has 1 fully saturated rings. The van der Waals surface area contributed by atoms with Gasteiger partial charge in [-0.1, -0.05) is 6.92 Å². The van der Waals surface area contributed by atoms with Gasteiger partial charge in [0.1, 0.15) is 0 Å². The lowest BCUT2D eigenvalue weighted by atomic mass is 9.86. The molecule has 0 bridgehead atoms. The molecule has 1 aliphatic heterocycles. The van der Waals surface area contributed by atoms with E-state index in [9.17, 15) is 4.79 Å². The average Bonchev–Trinajstić information content (AvgIpc) is 2.19. The van der Waals surface area contributed by atoms with E-state index in [1.807, 2.05) is 0 Å². The van der Waals surface area contributed by atoms with Crippen molar-refractivity contribution in [1.82, 2.24) is 5.32 Å². The van der Waals surface area contributed by atoms with E-state index < -0.39 is 0 Å². The molecule has 0 aromatic carbocycles. The molecule has 0 spiro atoms. The van der Waals surface area contributed by atoms with E-state index in [-0.39, 0.29) is 11.5 Å². The summed E-state index contributed by atoms with van der Waals surface area (Å²) in [6.45, 7) is 4.37. The van der Waals surface area contributed by atoms with E-state index in [1.54, 1.807) is 0 Å². The molecule has 4 nitrogen and oxygen atoms in total. The van der Waals surface area contributed by atoms with Crippen LogP contribution in [0.25, 0.3) is 0 Å². The fourth-order valence-corrected chi connectivity index (χ4v) is 1.90. The first kappa shape index (κ1) is 11.5. The van der Waals surface area contributed by atoms with Crippen LogP contribution in [-0.2, 0) is 14.3 Å². The largest absolute Gasteiger partial charge is 0.469 e. The van der Waals surface area contributed by atoms with Gasteiger partial charge in [0.2, 0.25) is 0 Å². The Labute approximate surface area is 85.0 Å². The minimum Gasteiger partial charge on any atom is -0.469 e. The minimum absolute atomic E-state index is 0.0971. The normalized spacial score (nSPS) is 20.4. The Kier molecular flexibility index (Phi) is 4.35. The van der Waals surface area contributed by atoms with Crippen molar-refractivity contribution in [3.63, 3.8) is 0 Å². The molecule has 14 heavy (non-hydrogen) atoms. The van der Waals surface area contributed by atoms with Gasteiger partial charge >= 0.3 is 5.97 Å². The summed E-state index contributed by atoms with van der Waals surface area (Å²) in [5, 5.41) is 3.38. The van der Waals surface area contributed by atoms with Crippen molar-refractivity contribution in [2.75, 3.05) is 26.9 Å². The number of ether oxygens (including phenoxy) is 2. The van der Waals surface area contributed by atoms with Crippen LogP contribution in [0, 0.1) is 0 Å². The number of methoxy groups -OCH3 is 1. The predicted octanol–water partition coefficient (Wildman–Crippen LogP) is 0.708. The first-order valence-corrected chi connectivity index (χ1v) is 5.12. The fourth-order valence-electron chi connectivity index (χ4n) is 1.90. The van der Waals surface area contributed by atoms with E-state index in [2.05, 4.69) is 12.2 Å². The van der Waals surface area contributed by atoms with Gasteiger partial charge in [-0.25, -0.2) is 0 Å². The summed E-state index contributed by atoms with van der Waals surface area (Å²) in [6, 6.07) is 0. The topological polar surface area (TPSA) is 47.6 Å². The number of nitrogens with one attached hydrogen (secondary N) is 1. The van der Waals surface area contributed by atoms with E-state index in [4.69, 9.17) is 9.47 Å². The first-order valence-electron chi connectivity index (χ1n) is 5.12. The zero-order chi connectivity index (χ0) is 10.4. The second-order valence-electron chi connectivity index (χ2n) is 3.68. The third-order valence-corrected chi connectivity index (χ3v) is 2.71. The molecule has 1 rings (SSSR count). The number of hydrogen-bond donors (Lipinski definition) is 1. The van der Waals surface area contributed by atoms with Crippen molar-refractivity contribution in [3.8, 4) is 0 Å². The van der Waals surface area contributed by atoms with Crippen molar-refractivity contribution in [3.05, 3.63) is 0 Å². The average molecular weight is 201 g/mol. The number of rotatable bonds is 4. The molecule has 82 valence electrons. The van der Waals surface area contributed by atoms with Crippen LogP contribution in [0.2, 0.25) is 0 Å². The van der Waals surface area contributed by atoms with Gasteiger partial charge in [-0.05, 0) is 19.4 Å². The van der Waals surface area contributed by atoms with Crippen LogP contribution < -0.4 is 5.32 Å². The lowest BCUT2D eigenvalue weighted by Gasteiger charge is -2.37. The molecule has 4 heteroatoms. The van der Waals surface area contributed by atoms with E-state index in [0.29, 0.717) is 6.42 Å². The monoisotopic (exact) mass is 201 g/mol. The lowest BCUT2D eigenvalue weighted by Crippen LogP contribution is -2.50. The fraction of sp³-hybridized carbons (Fsp3) is 0.900. The van der Waals surface area contributed by atoms with Gasteiger partial charge in [0.25, 0.3) is 0 Å². The van der Waals surface area contributed by atoms with Crippen LogP contribution in [0.5, 0.6) is 0 Å². The Bertz CT molecular complexity index is 182. The molecule has 0 amide bonds. The molecule has 1 saturated heterocycles. The number of carbonyl (C=O) groups excluding carboxylic acids is 1. The van der Waals surface area contributed by atoms with E-state index >= 15 is 0 Å². The number of hydrogen-bond acceptors (Lipinski definition) is 4. The van der Waals surface area contributed by atoms with Gasteiger partial charge in [0, 0.05) is 18.8 Å². The van der Waals surface area contributed by atoms with Crippen LogP contribution in [-0.4, -0.2) is 38.4 Å². The zero-order valence-corrected chi connectivity index (χ0v) is 8.97. The van der Waals surface area contributed by atoms with Gasteiger partial charge in [-0.15, -0.1) is 0 Å². The smallest absolute Gasteiger partial charge is 0.307 e. The lowest BCUT2D eigenvalue weighted by molar-refractivity contribution is -0.143. The molecule has 0 aromatic heterocycles. The molecule has 1 aliphatic rings. The quantitative estimate of drug-likeness (QED) is 0.680. The van der Waals surface area contributed by atoms with Crippen molar-refractivity contribution in [2.24, 2.45) is 0 Å². The van der Waals surface area contributed by atoms with Crippen LogP contribution in [0.15, 0.2) is 0 Å². The van der Waals surface area contributed by atoms with Gasteiger partial charge in [0.15, 0.2) is 0 Å². The summed E-state index contributed by atoms with van der Waals surface area (Å²) in [6.07, 6.45) is 2.21. The molecule has 1 N–H and O–H groups in total. The summed E-state index contributed by atoms with van der Waals surface area (Å²) in [7, 11) is 1.43. The zero-order valence-electron chi connectivity index (χ0n) is 8.97. The highest BCUT2D eigenvalue weighted by Crippen LogP contribution is 2.24. The van der Waals surface area contributed by atoms with Gasteiger partial charge in [-0.2, -0.15) is 0 Å². The van der Waals surface area contributed by atoms with Gasteiger partial charge < -0.3 is 14.8 Å². The Hall–Kier alpha value is -0.610. The predicted molar refractivity (Wildman–Crippen MR) is 53.1 cm³/mol. The second kappa shape index (κ2) is 5.32. The van der Waals surface area contributed by atoms with Crippen molar-refractivity contribution in [1.29, 1.82) is 0 Å². The summed E-state index contributed by atoms with van der Waals surface area (Å²) < 4.78 is 10.00. The maximum Gasteiger partial charge on any atom is 0.307 e. The summed E-state index contributed by atoms with van der Waals surface area (Å²) >= 11 is 0. The van der Waals surface area contributed by atoms with E-state index in [0.717, 1.165) is 32.6 Å². The number of esters is 1. The molecular formula is C10H19NO3. The van der Waals surface area contributed by atoms with Crippen molar-refractivity contribution < 1.29 is 14.3 Å². The molecule has 0 saturated carbocycles. The summed E-state index contributed by atoms with van der Waals surface area (Å²) in [5.41, 5.74) is -0.0971. The maximum absolute atomic E-state index is 11.3. The molecule has 1 heterocycles. The third-order valence-electron chi connectivity index (χ3n) is 2.71. The van der Waals surface area contributed by atoms with Crippen LogP contribution in [0.1, 0.15) is 26.2 Å². The summed E-state index contributed by atoms with van der Waals surface area (Å²) in [4.78, 5) is 11.3. The highest BCUT2D eigenvalue weighted by Gasteiger charge is 2.34. The third kappa shape index (κ3) is 2.96. The summed E-state index contributed by atoms with van der Waals surface area (Å²) in [5.74, 6) is -0.146. The highest BCUT2D eigenvalue weighted by atomic mass is 16.5. The van der Waals surface area contributed by atoms with Crippen LogP contribution in [0.4, 0.5) is 0 Å².